The Morgan fingerprint density at radius 1 is 1.10 bits per heavy atom. The predicted molar refractivity (Wildman–Crippen MR) is 84.8 cm³/mol. The molecule has 0 amide bonds. The van der Waals surface area contributed by atoms with Crippen molar-refractivity contribution in [1.82, 2.24) is 0 Å². The molecule has 0 fully saturated rings. The van der Waals surface area contributed by atoms with E-state index in [4.69, 9.17) is 9.47 Å². The zero-order valence-corrected chi connectivity index (χ0v) is 13.5. The summed E-state index contributed by atoms with van der Waals surface area (Å²) in [6.07, 6.45) is 12.9. The second-order valence-corrected chi connectivity index (χ2v) is 5.52. The van der Waals surface area contributed by atoms with E-state index in [2.05, 4.69) is 13.5 Å². The average molecular weight is 286 g/mol. The Balaban J connectivity index is 3.57. The smallest absolute Gasteiger partial charge is 0.146 e. The summed E-state index contributed by atoms with van der Waals surface area (Å²) in [6.45, 7) is 6.24. The molecule has 20 heavy (non-hydrogen) atoms. The highest BCUT2D eigenvalue weighted by molar-refractivity contribution is 4.75. The van der Waals surface area contributed by atoms with Gasteiger partial charge in [0.05, 0.1) is 12.2 Å². The van der Waals surface area contributed by atoms with Crippen LogP contribution >= 0.6 is 0 Å². The van der Waals surface area contributed by atoms with Crippen molar-refractivity contribution in [2.75, 3.05) is 13.9 Å². The second kappa shape index (κ2) is 15.0. The molecule has 1 N–H and O–H groups in total. The summed E-state index contributed by atoms with van der Waals surface area (Å²) in [5, 5.41) is 10.0. The Bertz CT molecular complexity index is 206. The molecule has 0 radical (unpaired) electrons. The van der Waals surface area contributed by atoms with Crippen LogP contribution in [0.3, 0.4) is 0 Å². The van der Waals surface area contributed by atoms with E-state index in [0.29, 0.717) is 6.42 Å². The monoisotopic (exact) mass is 286 g/mol. The van der Waals surface area contributed by atoms with Crippen LogP contribution in [0.2, 0.25) is 0 Å². The minimum absolute atomic E-state index is 0.0204. The minimum atomic E-state index is -0.271. The predicted octanol–water partition coefficient (Wildman–Crippen LogP) is 4.44. The summed E-state index contributed by atoms with van der Waals surface area (Å²) in [4.78, 5) is 0. The molecule has 0 aromatic heterocycles. The topological polar surface area (TPSA) is 38.7 Å². The Morgan fingerprint density at radius 2 is 1.75 bits per heavy atom. The first-order valence-corrected chi connectivity index (χ1v) is 8.14. The molecule has 0 aromatic rings. The molecule has 0 aliphatic carbocycles. The van der Waals surface area contributed by atoms with Gasteiger partial charge in [0.2, 0.25) is 0 Å². The van der Waals surface area contributed by atoms with Gasteiger partial charge in [-0.2, -0.15) is 0 Å². The van der Waals surface area contributed by atoms with E-state index in [1.165, 1.54) is 38.5 Å². The van der Waals surface area contributed by atoms with Crippen molar-refractivity contribution < 1.29 is 14.6 Å². The molecule has 0 aliphatic rings. The summed E-state index contributed by atoms with van der Waals surface area (Å²) in [6, 6.07) is 0. The number of aliphatic hydroxyl groups excluding tert-OH is 1. The van der Waals surface area contributed by atoms with E-state index in [1.54, 1.807) is 7.11 Å². The molecule has 0 rings (SSSR count). The van der Waals surface area contributed by atoms with Gasteiger partial charge in [0.15, 0.2) is 0 Å². The first-order valence-electron chi connectivity index (χ1n) is 8.14. The van der Waals surface area contributed by atoms with Crippen molar-refractivity contribution in [2.24, 2.45) is 0 Å². The first-order chi connectivity index (χ1) is 9.74. The average Bonchev–Trinajstić information content (AvgIpc) is 2.44. The largest absolute Gasteiger partial charge is 0.393 e. The molecule has 0 unspecified atom stereocenters. The first kappa shape index (κ1) is 19.6. The van der Waals surface area contributed by atoms with Gasteiger partial charge < -0.3 is 14.6 Å². The highest BCUT2D eigenvalue weighted by Crippen LogP contribution is 2.15. The zero-order valence-electron chi connectivity index (χ0n) is 13.5. The lowest BCUT2D eigenvalue weighted by Crippen LogP contribution is -2.21. The normalized spacial score (nSPS) is 14.2. The number of aliphatic hydroxyl groups is 1. The van der Waals surface area contributed by atoms with E-state index in [1.807, 2.05) is 6.08 Å². The number of ether oxygens (including phenoxy) is 2. The second-order valence-electron chi connectivity index (χ2n) is 5.52. The number of unbranched alkanes of at least 4 members (excludes halogenated alkanes) is 6. The summed E-state index contributed by atoms with van der Waals surface area (Å²) in [5.41, 5.74) is 0. The molecule has 3 nitrogen and oxygen atoms in total. The van der Waals surface area contributed by atoms with Gasteiger partial charge in [0.25, 0.3) is 0 Å². The van der Waals surface area contributed by atoms with Gasteiger partial charge in [-0.15, -0.1) is 6.58 Å². The molecule has 0 saturated heterocycles. The molecule has 0 bridgehead atoms. The van der Waals surface area contributed by atoms with Gasteiger partial charge in [-0.25, -0.2) is 0 Å². The number of methoxy groups -OCH3 is 1. The maximum absolute atomic E-state index is 10.0. The van der Waals surface area contributed by atoms with Crippen LogP contribution in [0, 0.1) is 0 Å². The van der Waals surface area contributed by atoms with Crippen molar-refractivity contribution in [3.63, 3.8) is 0 Å². The third-order valence-corrected chi connectivity index (χ3v) is 3.53. The van der Waals surface area contributed by atoms with E-state index < -0.39 is 0 Å². The van der Waals surface area contributed by atoms with E-state index >= 15 is 0 Å². The fraction of sp³-hybridized carbons (Fsp3) is 0.882. The molecule has 3 heteroatoms. The third-order valence-electron chi connectivity index (χ3n) is 3.53. The van der Waals surface area contributed by atoms with Crippen LogP contribution in [0.25, 0.3) is 0 Å². The van der Waals surface area contributed by atoms with Crippen molar-refractivity contribution in [1.29, 1.82) is 0 Å². The quantitative estimate of drug-likeness (QED) is 0.275. The molecule has 2 atom stereocenters. The van der Waals surface area contributed by atoms with Crippen LogP contribution in [0.15, 0.2) is 12.7 Å². The summed E-state index contributed by atoms with van der Waals surface area (Å²) in [5.74, 6) is 0. The maximum Gasteiger partial charge on any atom is 0.146 e. The molecule has 0 saturated carbocycles. The van der Waals surface area contributed by atoms with Crippen LogP contribution < -0.4 is 0 Å². The summed E-state index contributed by atoms with van der Waals surface area (Å²) < 4.78 is 10.4. The standard InChI is InChI=1S/C17H34O3/c1-4-6-7-8-9-10-11-13-16(18)14-17(12-5-2)20-15-19-3/h5,16-18H,2,4,6-15H2,1,3H3/t16-,17-/m0/s1. The number of rotatable bonds is 15. The summed E-state index contributed by atoms with van der Waals surface area (Å²) in [7, 11) is 1.61. The lowest BCUT2D eigenvalue weighted by molar-refractivity contribution is -0.0834. The highest BCUT2D eigenvalue weighted by Gasteiger charge is 2.13. The van der Waals surface area contributed by atoms with Crippen LogP contribution in [0.4, 0.5) is 0 Å². The van der Waals surface area contributed by atoms with Crippen LogP contribution in [0.1, 0.15) is 71.1 Å². The highest BCUT2D eigenvalue weighted by atomic mass is 16.7. The third kappa shape index (κ3) is 12.6. The lowest BCUT2D eigenvalue weighted by Gasteiger charge is -2.19. The molecular formula is C17H34O3. The van der Waals surface area contributed by atoms with E-state index in [-0.39, 0.29) is 19.0 Å². The Hall–Kier alpha value is -0.380. The minimum Gasteiger partial charge on any atom is -0.393 e. The zero-order chi connectivity index (χ0) is 15.1. The van der Waals surface area contributed by atoms with E-state index in [9.17, 15) is 5.11 Å². The molecule has 0 heterocycles. The molecular weight excluding hydrogens is 252 g/mol. The maximum atomic E-state index is 10.0. The van der Waals surface area contributed by atoms with Gasteiger partial charge in [-0.1, -0.05) is 57.9 Å². The van der Waals surface area contributed by atoms with Gasteiger partial charge in [0.1, 0.15) is 6.79 Å². The fourth-order valence-corrected chi connectivity index (χ4v) is 2.34. The van der Waals surface area contributed by atoms with Crippen molar-refractivity contribution >= 4 is 0 Å². The number of hydrogen-bond donors (Lipinski definition) is 1. The van der Waals surface area contributed by atoms with Crippen molar-refractivity contribution in [3.05, 3.63) is 12.7 Å². The SMILES string of the molecule is C=CC[C@@H](C[C@@H](O)CCCCCCCCC)OCOC. The molecule has 0 aromatic carbocycles. The Labute approximate surface area is 125 Å². The Kier molecular flexibility index (Phi) is 14.7. The van der Waals surface area contributed by atoms with Gasteiger partial charge in [-0.3, -0.25) is 0 Å². The van der Waals surface area contributed by atoms with Gasteiger partial charge in [0, 0.05) is 7.11 Å². The van der Waals surface area contributed by atoms with E-state index in [0.717, 1.165) is 19.3 Å². The van der Waals surface area contributed by atoms with Crippen LogP contribution in [-0.4, -0.2) is 31.2 Å². The summed E-state index contributed by atoms with van der Waals surface area (Å²) >= 11 is 0. The fourth-order valence-electron chi connectivity index (χ4n) is 2.34. The van der Waals surface area contributed by atoms with Gasteiger partial charge in [-0.05, 0) is 19.3 Å². The molecule has 120 valence electrons. The lowest BCUT2D eigenvalue weighted by atomic mass is 10.0. The molecule has 0 spiro atoms. The molecule has 0 aliphatic heterocycles. The van der Waals surface area contributed by atoms with Gasteiger partial charge >= 0.3 is 0 Å². The van der Waals surface area contributed by atoms with Crippen molar-refractivity contribution in [2.45, 2.75) is 83.3 Å². The number of hydrogen-bond acceptors (Lipinski definition) is 3. The van der Waals surface area contributed by atoms with Crippen molar-refractivity contribution in [3.8, 4) is 0 Å². The Morgan fingerprint density at radius 3 is 2.35 bits per heavy atom. The van der Waals surface area contributed by atoms with Crippen LogP contribution in [0.5, 0.6) is 0 Å². The van der Waals surface area contributed by atoms with Crippen LogP contribution in [-0.2, 0) is 9.47 Å².